The van der Waals surface area contributed by atoms with E-state index in [0.29, 0.717) is 6.54 Å². The van der Waals surface area contributed by atoms with Crippen LogP contribution in [0.25, 0.3) is 0 Å². The van der Waals surface area contributed by atoms with Gasteiger partial charge in [-0.05, 0) is 19.1 Å². The van der Waals surface area contributed by atoms with Gasteiger partial charge >= 0.3 is 5.97 Å². The van der Waals surface area contributed by atoms with Crippen molar-refractivity contribution in [1.82, 2.24) is 15.6 Å². The number of hydrogen-bond acceptors (Lipinski definition) is 4. The standard InChI is InChI=1S/C12H13N3O4/c1-6-8(12(18)19)2-3-9(14-6)11(17)15-7-4-10(16)13-5-7/h2-3,7H,4-5H2,1H3,(H,13,16)(H,15,17)(H,18,19). The fraction of sp³-hybridized carbons (Fsp3) is 0.333. The number of aryl methyl sites for hydroxylation is 1. The Morgan fingerprint density at radius 1 is 1.47 bits per heavy atom. The van der Waals surface area contributed by atoms with Crippen LogP contribution >= 0.6 is 0 Å². The maximum atomic E-state index is 11.9. The Balaban J connectivity index is 2.09. The van der Waals surface area contributed by atoms with E-state index in [0.717, 1.165) is 0 Å². The van der Waals surface area contributed by atoms with E-state index < -0.39 is 11.9 Å². The molecule has 1 unspecified atom stereocenters. The molecule has 19 heavy (non-hydrogen) atoms. The lowest BCUT2D eigenvalue weighted by atomic mass is 10.1. The molecule has 2 heterocycles. The molecule has 0 bridgehead atoms. The summed E-state index contributed by atoms with van der Waals surface area (Å²) in [5.41, 5.74) is 0.483. The largest absolute Gasteiger partial charge is 0.478 e. The van der Waals surface area contributed by atoms with Crippen molar-refractivity contribution in [3.63, 3.8) is 0 Å². The summed E-state index contributed by atoms with van der Waals surface area (Å²) in [6.45, 7) is 1.93. The van der Waals surface area contributed by atoms with Crippen LogP contribution in [0, 0.1) is 6.92 Å². The highest BCUT2D eigenvalue weighted by Crippen LogP contribution is 2.08. The van der Waals surface area contributed by atoms with Crippen LogP contribution in [0.15, 0.2) is 12.1 Å². The molecule has 0 aliphatic carbocycles. The number of carbonyl (C=O) groups is 3. The number of rotatable bonds is 3. The van der Waals surface area contributed by atoms with Crippen LogP contribution in [0.5, 0.6) is 0 Å². The summed E-state index contributed by atoms with van der Waals surface area (Å²) in [6, 6.07) is 2.45. The Labute approximate surface area is 109 Å². The number of hydrogen-bond donors (Lipinski definition) is 3. The number of carboxylic acids is 1. The molecular weight excluding hydrogens is 250 g/mol. The molecule has 2 rings (SSSR count). The predicted molar refractivity (Wildman–Crippen MR) is 64.8 cm³/mol. The molecule has 100 valence electrons. The van der Waals surface area contributed by atoms with E-state index in [1.807, 2.05) is 0 Å². The van der Waals surface area contributed by atoms with E-state index in [-0.39, 0.29) is 35.3 Å². The monoisotopic (exact) mass is 263 g/mol. The summed E-state index contributed by atoms with van der Waals surface area (Å²) >= 11 is 0. The number of carbonyl (C=O) groups excluding carboxylic acids is 2. The first kappa shape index (κ1) is 13.0. The van der Waals surface area contributed by atoms with E-state index in [1.54, 1.807) is 0 Å². The van der Waals surface area contributed by atoms with E-state index in [1.165, 1.54) is 19.1 Å². The van der Waals surface area contributed by atoms with Crippen molar-refractivity contribution >= 4 is 17.8 Å². The quantitative estimate of drug-likeness (QED) is 0.694. The van der Waals surface area contributed by atoms with Crippen LogP contribution in [0.1, 0.15) is 33.0 Å². The summed E-state index contributed by atoms with van der Waals surface area (Å²) in [6.07, 6.45) is 0.248. The third-order valence-corrected chi connectivity index (χ3v) is 2.86. The molecule has 3 N–H and O–H groups in total. The van der Waals surface area contributed by atoms with Gasteiger partial charge in [0, 0.05) is 13.0 Å². The van der Waals surface area contributed by atoms with Crippen LogP contribution in [0.2, 0.25) is 0 Å². The molecule has 1 aliphatic heterocycles. The van der Waals surface area contributed by atoms with Crippen molar-refractivity contribution in [3.05, 3.63) is 29.1 Å². The zero-order chi connectivity index (χ0) is 14.0. The fourth-order valence-corrected chi connectivity index (χ4v) is 1.88. The molecule has 0 spiro atoms. The number of aromatic carboxylic acids is 1. The average Bonchev–Trinajstić information content (AvgIpc) is 2.74. The first-order chi connectivity index (χ1) is 8.97. The number of carboxylic acid groups (broad SMARTS) is 1. The van der Waals surface area contributed by atoms with Gasteiger partial charge in [-0.25, -0.2) is 9.78 Å². The molecule has 1 aromatic rings. The molecule has 1 aromatic heterocycles. The summed E-state index contributed by atoms with van der Waals surface area (Å²) in [4.78, 5) is 37.7. The van der Waals surface area contributed by atoms with Gasteiger partial charge in [-0.2, -0.15) is 0 Å². The van der Waals surface area contributed by atoms with Crippen LogP contribution < -0.4 is 10.6 Å². The number of aromatic nitrogens is 1. The molecule has 0 aromatic carbocycles. The van der Waals surface area contributed by atoms with Gasteiger partial charge < -0.3 is 15.7 Å². The molecule has 1 atom stereocenters. The predicted octanol–water partition coefficient (Wildman–Crippen LogP) is -0.293. The van der Waals surface area contributed by atoms with Gasteiger partial charge in [0.1, 0.15) is 5.69 Å². The second-order valence-electron chi connectivity index (χ2n) is 4.31. The number of amides is 2. The van der Waals surface area contributed by atoms with Crippen molar-refractivity contribution in [2.24, 2.45) is 0 Å². The average molecular weight is 263 g/mol. The van der Waals surface area contributed by atoms with Gasteiger partial charge in [0.15, 0.2) is 0 Å². The molecule has 7 nitrogen and oxygen atoms in total. The topological polar surface area (TPSA) is 108 Å². The fourth-order valence-electron chi connectivity index (χ4n) is 1.88. The van der Waals surface area contributed by atoms with Gasteiger partial charge in [0.2, 0.25) is 5.91 Å². The van der Waals surface area contributed by atoms with Crippen molar-refractivity contribution in [2.75, 3.05) is 6.54 Å². The smallest absolute Gasteiger partial charge is 0.337 e. The second kappa shape index (κ2) is 5.05. The molecule has 1 saturated heterocycles. The van der Waals surface area contributed by atoms with Crippen LogP contribution in [0.3, 0.4) is 0 Å². The Morgan fingerprint density at radius 3 is 2.74 bits per heavy atom. The van der Waals surface area contributed by atoms with Crippen LogP contribution in [-0.4, -0.2) is 40.5 Å². The van der Waals surface area contributed by atoms with Crippen molar-refractivity contribution in [3.8, 4) is 0 Å². The lowest BCUT2D eigenvalue weighted by Gasteiger charge is -2.10. The molecule has 0 radical (unpaired) electrons. The summed E-state index contributed by atoms with van der Waals surface area (Å²) in [7, 11) is 0. The van der Waals surface area contributed by atoms with E-state index >= 15 is 0 Å². The van der Waals surface area contributed by atoms with Crippen molar-refractivity contribution in [2.45, 2.75) is 19.4 Å². The SMILES string of the molecule is Cc1nc(C(=O)NC2CNC(=O)C2)ccc1C(=O)O. The molecule has 2 amide bonds. The summed E-state index contributed by atoms with van der Waals surface area (Å²) < 4.78 is 0. The minimum absolute atomic E-state index is 0.0641. The zero-order valence-electron chi connectivity index (χ0n) is 10.3. The second-order valence-corrected chi connectivity index (χ2v) is 4.31. The van der Waals surface area contributed by atoms with Gasteiger partial charge in [0.25, 0.3) is 5.91 Å². The summed E-state index contributed by atoms with van der Waals surface area (Å²) in [5.74, 6) is -1.60. The minimum atomic E-state index is -1.08. The first-order valence-electron chi connectivity index (χ1n) is 5.76. The molecule has 1 fully saturated rings. The van der Waals surface area contributed by atoms with E-state index in [4.69, 9.17) is 5.11 Å². The van der Waals surface area contributed by atoms with Crippen molar-refractivity contribution < 1.29 is 19.5 Å². The summed E-state index contributed by atoms with van der Waals surface area (Å²) in [5, 5.41) is 14.1. The highest BCUT2D eigenvalue weighted by atomic mass is 16.4. The Bertz CT molecular complexity index is 556. The van der Waals surface area contributed by atoms with Crippen LogP contribution in [0.4, 0.5) is 0 Å². The van der Waals surface area contributed by atoms with Gasteiger partial charge in [-0.1, -0.05) is 0 Å². The van der Waals surface area contributed by atoms with Gasteiger partial charge in [-0.3, -0.25) is 9.59 Å². The van der Waals surface area contributed by atoms with Crippen molar-refractivity contribution in [1.29, 1.82) is 0 Å². The molecular formula is C12H13N3O4. The lowest BCUT2D eigenvalue weighted by Crippen LogP contribution is -2.36. The Kier molecular flexibility index (Phi) is 3.46. The first-order valence-corrected chi connectivity index (χ1v) is 5.76. The maximum Gasteiger partial charge on any atom is 0.337 e. The van der Waals surface area contributed by atoms with Gasteiger partial charge in [0.05, 0.1) is 17.3 Å². The number of pyridine rings is 1. The normalized spacial score (nSPS) is 17.9. The van der Waals surface area contributed by atoms with E-state index in [9.17, 15) is 14.4 Å². The minimum Gasteiger partial charge on any atom is -0.478 e. The highest BCUT2D eigenvalue weighted by Gasteiger charge is 2.24. The third kappa shape index (κ3) is 2.87. The number of nitrogens with zero attached hydrogens (tertiary/aromatic N) is 1. The van der Waals surface area contributed by atoms with Crippen LogP contribution in [-0.2, 0) is 4.79 Å². The molecule has 7 heteroatoms. The molecule has 1 aliphatic rings. The Hall–Kier alpha value is -2.44. The molecule has 0 saturated carbocycles. The maximum absolute atomic E-state index is 11.9. The lowest BCUT2D eigenvalue weighted by molar-refractivity contribution is -0.119. The highest BCUT2D eigenvalue weighted by molar-refractivity contribution is 5.95. The zero-order valence-corrected chi connectivity index (χ0v) is 10.3. The van der Waals surface area contributed by atoms with E-state index in [2.05, 4.69) is 15.6 Å². The number of nitrogens with one attached hydrogen (secondary N) is 2. The van der Waals surface area contributed by atoms with Gasteiger partial charge in [-0.15, -0.1) is 0 Å². The third-order valence-electron chi connectivity index (χ3n) is 2.86. The Morgan fingerprint density at radius 2 is 2.21 bits per heavy atom.